The van der Waals surface area contributed by atoms with Crippen molar-refractivity contribution in [1.82, 2.24) is 19.6 Å². The van der Waals surface area contributed by atoms with Crippen LogP contribution in [0.5, 0.6) is 17.2 Å². The molecule has 2 N–H and O–H groups in total. The number of piperazine rings is 1. The lowest BCUT2D eigenvalue weighted by Crippen LogP contribution is -2.44. The highest BCUT2D eigenvalue weighted by Gasteiger charge is 2.20. The molecular formula is C28H32FN9O3S. The van der Waals surface area contributed by atoms with Gasteiger partial charge in [0.15, 0.2) is 23.1 Å². The number of benzene rings is 2. The number of methoxy groups -OCH3 is 1. The van der Waals surface area contributed by atoms with Gasteiger partial charge in [0.1, 0.15) is 18.0 Å². The average molecular weight is 594 g/mol. The number of nitrogens with zero attached hydrogens (tertiary/aromatic N) is 7. The number of halogens is 1. The summed E-state index contributed by atoms with van der Waals surface area (Å²) in [4.78, 5) is 28.4. The zero-order chi connectivity index (χ0) is 30.1. The summed E-state index contributed by atoms with van der Waals surface area (Å²) in [6.45, 7) is 7.83. The lowest BCUT2D eigenvalue weighted by molar-refractivity contribution is -0.106. The van der Waals surface area contributed by atoms with Gasteiger partial charge in [-0.25, -0.2) is 23.7 Å². The minimum absolute atomic E-state index is 0.0145. The Morgan fingerprint density at radius 1 is 1.24 bits per heavy atom. The zero-order valence-electron chi connectivity index (χ0n) is 23.8. The maximum absolute atomic E-state index is 14.9. The molecule has 3 aromatic rings. The van der Waals surface area contributed by atoms with Crippen LogP contribution in [0.4, 0.5) is 27.4 Å². The molecule has 14 heteroatoms. The van der Waals surface area contributed by atoms with Crippen LogP contribution in [-0.4, -0.2) is 73.9 Å². The molecule has 0 unspecified atom stereocenters. The third-order valence-corrected chi connectivity index (χ3v) is 7.37. The largest absolute Gasteiger partial charge is 0.492 e. The molecule has 1 saturated heterocycles. The number of aliphatic imine (C=N–C) groups is 1. The molecule has 220 valence electrons. The summed E-state index contributed by atoms with van der Waals surface area (Å²) in [6, 6.07) is 7.96. The van der Waals surface area contributed by atoms with Gasteiger partial charge in [0.25, 0.3) is 0 Å². The van der Waals surface area contributed by atoms with Gasteiger partial charge in [-0.05, 0) is 38.2 Å². The first-order chi connectivity index (χ1) is 20.4. The number of hydrogen-bond acceptors (Lipinski definition) is 12. The number of nitrogens with one attached hydrogen (secondary N) is 2. The quantitative estimate of drug-likeness (QED) is 0.135. The van der Waals surface area contributed by atoms with Crippen LogP contribution in [0.1, 0.15) is 18.1 Å². The molecule has 1 aromatic heterocycles. The van der Waals surface area contributed by atoms with Crippen LogP contribution in [-0.2, 0) is 4.79 Å². The molecule has 1 fully saturated rings. The number of anilines is 3. The van der Waals surface area contributed by atoms with E-state index in [1.54, 1.807) is 31.5 Å². The summed E-state index contributed by atoms with van der Waals surface area (Å²) in [5.74, 6) is 0.174. The molecule has 0 bridgehead atoms. The third kappa shape index (κ3) is 7.06. The second-order valence-corrected chi connectivity index (χ2v) is 10.1. The number of carbonyl (C=O) groups excluding carboxylic acids is 1. The zero-order valence-corrected chi connectivity index (χ0v) is 24.6. The van der Waals surface area contributed by atoms with Gasteiger partial charge in [-0.2, -0.15) is 5.26 Å². The Morgan fingerprint density at radius 3 is 2.62 bits per heavy atom. The fourth-order valence-electron chi connectivity index (χ4n) is 4.04. The number of nitriles is 1. The molecule has 1 aliphatic heterocycles. The fourth-order valence-corrected chi connectivity index (χ4v) is 4.59. The van der Waals surface area contributed by atoms with Crippen molar-refractivity contribution < 1.29 is 18.7 Å². The van der Waals surface area contributed by atoms with Crippen molar-refractivity contribution in [3.8, 4) is 23.3 Å². The SMILES string of the molecule is CCN(C)SNc1ccc(F)c(Oc2ccc(N=CN(C=O)c3cnc(N4CCNCC4)nc3)c(C)c2OC)c1C#N. The van der Waals surface area contributed by atoms with E-state index in [-0.39, 0.29) is 17.1 Å². The molecule has 1 amide bonds. The van der Waals surface area contributed by atoms with Crippen molar-refractivity contribution in [2.45, 2.75) is 13.8 Å². The van der Waals surface area contributed by atoms with Crippen molar-refractivity contribution >= 4 is 47.9 Å². The lowest BCUT2D eigenvalue weighted by Gasteiger charge is -2.27. The van der Waals surface area contributed by atoms with Gasteiger partial charge in [0, 0.05) is 50.4 Å². The van der Waals surface area contributed by atoms with Gasteiger partial charge in [0.05, 0.1) is 36.6 Å². The van der Waals surface area contributed by atoms with Crippen molar-refractivity contribution in [2.75, 3.05) is 61.4 Å². The molecule has 0 radical (unpaired) electrons. The first-order valence-corrected chi connectivity index (χ1v) is 13.9. The van der Waals surface area contributed by atoms with E-state index in [0.717, 1.165) is 32.7 Å². The van der Waals surface area contributed by atoms with E-state index in [2.05, 4.69) is 29.9 Å². The van der Waals surface area contributed by atoms with E-state index < -0.39 is 5.82 Å². The predicted molar refractivity (Wildman–Crippen MR) is 162 cm³/mol. The average Bonchev–Trinajstić information content (AvgIpc) is 3.03. The molecular weight excluding hydrogens is 561 g/mol. The number of amides is 1. The van der Waals surface area contributed by atoms with E-state index in [9.17, 15) is 14.4 Å². The van der Waals surface area contributed by atoms with Crippen molar-refractivity contribution in [1.29, 1.82) is 5.26 Å². The van der Waals surface area contributed by atoms with Crippen LogP contribution in [0.2, 0.25) is 0 Å². The van der Waals surface area contributed by atoms with E-state index in [0.29, 0.717) is 40.7 Å². The summed E-state index contributed by atoms with van der Waals surface area (Å²) in [7, 11) is 3.34. The molecule has 2 aromatic carbocycles. The van der Waals surface area contributed by atoms with Gasteiger partial charge >= 0.3 is 0 Å². The Kier molecular flexibility index (Phi) is 10.5. The van der Waals surface area contributed by atoms with Crippen LogP contribution in [0.25, 0.3) is 0 Å². The second kappa shape index (κ2) is 14.4. The van der Waals surface area contributed by atoms with Crippen molar-refractivity contribution in [3.63, 3.8) is 0 Å². The number of ether oxygens (including phenoxy) is 2. The highest BCUT2D eigenvalue weighted by atomic mass is 32.2. The summed E-state index contributed by atoms with van der Waals surface area (Å²) in [5.41, 5.74) is 1.94. The van der Waals surface area contributed by atoms with Gasteiger partial charge < -0.3 is 24.4 Å². The standard InChI is InChI=1S/C28H32FN9O3S/c1-5-36(3)42-35-24-7-6-22(29)27(21(24)14-30)41-25-9-8-23(19(2)26(25)40-4)34-17-38(18-39)20-15-32-28(33-16-20)37-12-10-31-11-13-37/h6-9,15-18,31,35H,5,10-13H2,1-4H3. The number of aromatic nitrogens is 2. The summed E-state index contributed by atoms with van der Waals surface area (Å²) in [6.07, 6.45) is 5.10. The highest BCUT2D eigenvalue weighted by molar-refractivity contribution is 7.98. The number of rotatable bonds is 12. The Balaban J connectivity index is 1.55. The first kappa shape index (κ1) is 30.5. The van der Waals surface area contributed by atoms with Gasteiger partial charge in [-0.15, -0.1) is 0 Å². The van der Waals surface area contributed by atoms with Crippen LogP contribution >= 0.6 is 12.1 Å². The van der Waals surface area contributed by atoms with Crippen LogP contribution in [0, 0.1) is 24.1 Å². The topological polar surface area (TPSA) is 131 Å². The van der Waals surface area contributed by atoms with Crippen molar-refractivity contribution in [2.24, 2.45) is 4.99 Å². The monoisotopic (exact) mass is 593 g/mol. The summed E-state index contributed by atoms with van der Waals surface area (Å²) in [5, 5.41) is 13.1. The Hall–Kier alpha value is -4.45. The summed E-state index contributed by atoms with van der Waals surface area (Å²) >= 11 is 1.28. The van der Waals surface area contributed by atoms with Crippen LogP contribution in [0.3, 0.4) is 0 Å². The fraction of sp³-hybridized carbons (Fsp3) is 0.321. The minimum Gasteiger partial charge on any atom is -0.492 e. The second-order valence-electron chi connectivity index (χ2n) is 9.13. The molecule has 2 heterocycles. The van der Waals surface area contributed by atoms with Gasteiger partial charge in [-0.1, -0.05) is 6.92 Å². The smallest absolute Gasteiger partial charge is 0.225 e. The third-order valence-electron chi connectivity index (χ3n) is 6.49. The molecule has 0 atom stereocenters. The Labute approximate surface area is 248 Å². The van der Waals surface area contributed by atoms with E-state index >= 15 is 0 Å². The van der Waals surface area contributed by atoms with Gasteiger partial charge in [-0.3, -0.25) is 9.69 Å². The molecule has 4 rings (SSSR count). The molecule has 0 saturated carbocycles. The molecule has 0 spiro atoms. The van der Waals surface area contributed by atoms with Crippen LogP contribution < -0.4 is 29.3 Å². The normalized spacial score (nSPS) is 13.2. The minimum atomic E-state index is -0.695. The number of hydrogen-bond donors (Lipinski definition) is 2. The maximum Gasteiger partial charge on any atom is 0.225 e. The van der Waals surface area contributed by atoms with Crippen molar-refractivity contribution in [3.05, 3.63) is 53.6 Å². The number of carbonyl (C=O) groups is 1. The highest BCUT2D eigenvalue weighted by Crippen LogP contribution is 2.42. The summed E-state index contributed by atoms with van der Waals surface area (Å²) < 4.78 is 31.3. The molecule has 0 aliphatic carbocycles. The predicted octanol–water partition coefficient (Wildman–Crippen LogP) is 4.26. The van der Waals surface area contributed by atoms with E-state index in [1.807, 2.05) is 24.3 Å². The molecule has 1 aliphatic rings. The lowest BCUT2D eigenvalue weighted by atomic mass is 10.1. The Morgan fingerprint density at radius 2 is 1.98 bits per heavy atom. The maximum atomic E-state index is 14.9. The first-order valence-electron chi connectivity index (χ1n) is 13.2. The van der Waals surface area contributed by atoms with E-state index in [1.165, 1.54) is 42.6 Å². The van der Waals surface area contributed by atoms with Crippen LogP contribution in [0.15, 0.2) is 41.7 Å². The van der Waals surface area contributed by atoms with Gasteiger partial charge in [0.2, 0.25) is 12.4 Å². The Bertz CT molecular complexity index is 1460. The molecule has 12 nitrogen and oxygen atoms in total. The van der Waals surface area contributed by atoms with E-state index in [4.69, 9.17) is 9.47 Å². The molecule has 42 heavy (non-hydrogen) atoms.